The average Bonchev–Trinajstić information content (AvgIpc) is 2.94. The number of nitrogens with zero attached hydrogens (tertiary/aromatic N) is 2. The summed E-state index contributed by atoms with van der Waals surface area (Å²) in [6.07, 6.45) is 7.52. The molecule has 0 N–H and O–H groups in total. The molecule has 2 aliphatic rings. The summed E-state index contributed by atoms with van der Waals surface area (Å²) >= 11 is 0. The third-order valence-corrected chi connectivity index (χ3v) is 4.80. The highest BCUT2D eigenvalue weighted by molar-refractivity contribution is 5.78. The van der Waals surface area contributed by atoms with Gasteiger partial charge in [-0.15, -0.1) is 0 Å². The number of amides is 1. The highest BCUT2D eigenvalue weighted by atomic mass is 16.2. The topological polar surface area (TPSA) is 23.6 Å². The maximum atomic E-state index is 12.3. The van der Waals surface area contributed by atoms with Gasteiger partial charge in [-0.1, -0.05) is 26.7 Å². The molecule has 0 aromatic heterocycles. The summed E-state index contributed by atoms with van der Waals surface area (Å²) in [4.78, 5) is 17.0. The van der Waals surface area contributed by atoms with Crippen molar-refractivity contribution in [3.05, 3.63) is 0 Å². The molecule has 3 nitrogen and oxygen atoms in total. The molecule has 1 heterocycles. The fraction of sp³-hybridized carbons (Fsp3) is 0.933. The van der Waals surface area contributed by atoms with Gasteiger partial charge in [0.05, 0.1) is 0 Å². The molecule has 0 radical (unpaired) electrons. The van der Waals surface area contributed by atoms with Crippen molar-refractivity contribution in [2.45, 2.75) is 58.4 Å². The molecule has 3 heteroatoms. The van der Waals surface area contributed by atoms with Gasteiger partial charge >= 0.3 is 0 Å². The van der Waals surface area contributed by atoms with Crippen LogP contribution in [0, 0.1) is 5.92 Å². The highest BCUT2D eigenvalue weighted by Gasteiger charge is 2.29. The predicted octanol–water partition coefficient (Wildman–Crippen LogP) is 2.51. The fourth-order valence-electron chi connectivity index (χ4n) is 3.47. The van der Waals surface area contributed by atoms with Crippen LogP contribution in [0.25, 0.3) is 0 Å². The molecule has 0 bridgehead atoms. The van der Waals surface area contributed by atoms with Crippen molar-refractivity contribution in [1.82, 2.24) is 9.80 Å². The van der Waals surface area contributed by atoms with E-state index in [-0.39, 0.29) is 5.92 Å². The number of rotatable bonds is 4. The minimum absolute atomic E-state index is 0.253. The van der Waals surface area contributed by atoms with Gasteiger partial charge in [0, 0.05) is 38.1 Å². The van der Waals surface area contributed by atoms with Gasteiger partial charge in [0.2, 0.25) is 5.91 Å². The Balaban J connectivity index is 1.80. The van der Waals surface area contributed by atoms with E-state index in [1.165, 1.54) is 25.7 Å². The molecule has 0 aromatic rings. The lowest BCUT2D eigenvalue weighted by Crippen LogP contribution is -2.52. The maximum Gasteiger partial charge on any atom is 0.225 e. The molecule has 0 spiro atoms. The second-order valence-corrected chi connectivity index (χ2v) is 5.81. The summed E-state index contributed by atoms with van der Waals surface area (Å²) in [6, 6.07) is 0.815. The zero-order valence-electron chi connectivity index (χ0n) is 12.0. The van der Waals surface area contributed by atoms with Gasteiger partial charge in [-0.25, -0.2) is 0 Å². The molecule has 0 atom stereocenters. The largest absolute Gasteiger partial charge is 0.340 e. The molecule has 1 amide bonds. The molecule has 104 valence electrons. The lowest BCUT2D eigenvalue weighted by molar-refractivity contribution is -0.137. The van der Waals surface area contributed by atoms with Gasteiger partial charge in [-0.2, -0.15) is 0 Å². The van der Waals surface area contributed by atoms with Crippen LogP contribution in [0.2, 0.25) is 0 Å². The molecule has 1 aliphatic carbocycles. The summed E-state index contributed by atoms with van der Waals surface area (Å²) in [5, 5.41) is 0. The van der Waals surface area contributed by atoms with Crippen molar-refractivity contribution in [1.29, 1.82) is 0 Å². The van der Waals surface area contributed by atoms with Gasteiger partial charge in [0.15, 0.2) is 0 Å². The zero-order chi connectivity index (χ0) is 13.0. The fourth-order valence-corrected chi connectivity index (χ4v) is 3.47. The standard InChI is InChI=1S/C15H28N2O/c1-3-13(4-2)15(18)17-11-9-16(10-12-17)14-7-5-6-8-14/h13-14H,3-12H2,1-2H3. The minimum atomic E-state index is 0.253. The van der Waals surface area contributed by atoms with Crippen molar-refractivity contribution in [2.75, 3.05) is 26.2 Å². The number of carbonyl (C=O) groups is 1. The molecular weight excluding hydrogens is 224 g/mol. The molecule has 1 aliphatic heterocycles. The van der Waals surface area contributed by atoms with E-state index in [2.05, 4.69) is 23.6 Å². The van der Waals surface area contributed by atoms with Crippen molar-refractivity contribution < 1.29 is 4.79 Å². The minimum Gasteiger partial charge on any atom is -0.340 e. The summed E-state index contributed by atoms with van der Waals surface area (Å²) in [5.74, 6) is 0.647. The van der Waals surface area contributed by atoms with Crippen LogP contribution in [0.5, 0.6) is 0 Å². The van der Waals surface area contributed by atoms with E-state index < -0.39 is 0 Å². The second-order valence-electron chi connectivity index (χ2n) is 5.81. The Kier molecular flexibility index (Phi) is 5.04. The van der Waals surface area contributed by atoms with Gasteiger partial charge in [-0.05, 0) is 25.7 Å². The summed E-state index contributed by atoms with van der Waals surface area (Å²) in [7, 11) is 0. The molecule has 18 heavy (non-hydrogen) atoms. The Labute approximate surface area is 112 Å². The third-order valence-electron chi connectivity index (χ3n) is 4.80. The Morgan fingerprint density at radius 2 is 1.61 bits per heavy atom. The molecule has 0 aromatic carbocycles. The van der Waals surface area contributed by atoms with Gasteiger partial charge < -0.3 is 4.90 Å². The Bertz CT molecular complexity index is 262. The summed E-state index contributed by atoms with van der Waals surface area (Å²) in [6.45, 7) is 8.34. The first-order valence-electron chi connectivity index (χ1n) is 7.79. The maximum absolute atomic E-state index is 12.3. The molecular formula is C15H28N2O. The smallest absolute Gasteiger partial charge is 0.225 e. The van der Waals surface area contributed by atoms with E-state index in [0.29, 0.717) is 5.91 Å². The lowest BCUT2D eigenvalue weighted by atomic mass is 10.0. The average molecular weight is 252 g/mol. The number of carbonyl (C=O) groups excluding carboxylic acids is 1. The number of hydrogen-bond donors (Lipinski definition) is 0. The Hall–Kier alpha value is -0.570. The van der Waals surface area contributed by atoms with E-state index in [0.717, 1.165) is 45.1 Å². The van der Waals surface area contributed by atoms with Crippen LogP contribution in [0.4, 0.5) is 0 Å². The summed E-state index contributed by atoms with van der Waals surface area (Å²) < 4.78 is 0. The first-order chi connectivity index (χ1) is 8.76. The first-order valence-corrected chi connectivity index (χ1v) is 7.79. The quantitative estimate of drug-likeness (QED) is 0.767. The second kappa shape index (κ2) is 6.55. The molecule has 2 rings (SSSR count). The van der Waals surface area contributed by atoms with Crippen LogP contribution >= 0.6 is 0 Å². The van der Waals surface area contributed by atoms with Crippen LogP contribution in [-0.4, -0.2) is 47.9 Å². The van der Waals surface area contributed by atoms with Gasteiger partial charge in [0.1, 0.15) is 0 Å². The normalized spacial score (nSPS) is 22.9. The number of piperazine rings is 1. The zero-order valence-corrected chi connectivity index (χ0v) is 12.0. The van der Waals surface area contributed by atoms with E-state index in [4.69, 9.17) is 0 Å². The van der Waals surface area contributed by atoms with Crippen molar-refractivity contribution in [3.8, 4) is 0 Å². The lowest BCUT2D eigenvalue weighted by Gasteiger charge is -2.39. The molecule has 1 saturated heterocycles. The molecule has 0 unspecified atom stereocenters. The highest BCUT2D eigenvalue weighted by Crippen LogP contribution is 2.24. The molecule has 2 fully saturated rings. The Morgan fingerprint density at radius 3 is 2.11 bits per heavy atom. The van der Waals surface area contributed by atoms with Crippen LogP contribution in [-0.2, 0) is 4.79 Å². The monoisotopic (exact) mass is 252 g/mol. The van der Waals surface area contributed by atoms with Crippen LogP contribution in [0.1, 0.15) is 52.4 Å². The molecule has 1 saturated carbocycles. The van der Waals surface area contributed by atoms with Crippen molar-refractivity contribution in [3.63, 3.8) is 0 Å². The number of hydrogen-bond acceptors (Lipinski definition) is 2. The van der Waals surface area contributed by atoms with Crippen molar-refractivity contribution >= 4 is 5.91 Å². The first kappa shape index (κ1) is 13.9. The Morgan fingerprint density at radius 1 is 1.06 bits per heavy atom. The van der Waals surface area contributed by atoms with Crippen LogP contribution in [0.3, 0.4) is 0 Å². The third kappa shape index (κ3) is 3.05. The summed E-state index contributed by atoms with van der Waals surface area (Å²) in [5.41, 5.74) is 0. The van der Waals surface area contributed by atoms with Crippen LogP contribution < -0.4 is 0 Å². The van der Waals surface area contributed by atoms with Gasteiger partial charge in [0.25, 0.3) is 0 Å². The SMILES string of the molecule is CCC(CC)C(=O)N1CCN(C2CCCC2)CC1. The van der Waals surface area contributed by atoms with E-state index in [1.807, 2.05) is 0 Å². The van der Waals surface area contributed by atoms with Crippen molar-refractivity contribution in [2.24, 2.45) is 5.92 Å². The van der Waals surface area contributed by atoms with E-state index in [9.17, 15) is 4.79 Å². The predicted molar refractivity (Wildman–Crippen MR) is 74.5 cm³/mol. The van der Waals surface area contributed by atoms with Gasteiger partial charge in [-0.3, -0.25) is 9.69 Å². The van der Waals surface area contributed by atoms with E-state index in [1.54, 1.807) is 0 Å². The van der Waals surface area contributed by atoms with E-state index >= 15 is 0 Å². The van der Waals surface area contributed by atoms with Crippen LogP contribution in [0.15, 0.2) is 0 Å².